The van der Waals surface area contributed by atoms with E-state index in [-0.39, 0.29) is 11.3 Å². The lowest BCUT2D eigenvalue weighted by atomic mass is 10.0. The molecule has 1 aromatic rings. The monoisotopic (exact) mass is 257 g/mol. The number of nitrogens with one attached hydrogen (secondary N) is 1. The first kappa shape index (κ1) is 14.0. The third kappa shape index (κ3) is 4.36. The lowest BCUT2D eigenvalue weighted by Crippen LogP contribution is -2.36. The van der Waals surface area contributed by atoms with Crippen molar-refractivity contribution in [2.45, 2.75) is 19.9 Å². The molecule has 1 atom stereocenters. The second-order valence-corrected chi connectivity index (χ2v) is 5.04. The Morgan fingerprint density at radius 3 is 2.65 bits per heavy atom. The number of aromatic nitrogens is 2. The van der Waals surface area contributed by atoms with Crippen molar-refractivity contribution >= 4 is 23.1 Å². The van der Waals surface area contributed by atoms with Crippen LogP contribution in [0, 0.1) is 5.92 Å². The van der Waals surface area contributed by atoms with Gasteiger partial charge >= 0.3 is 0 Å². The first-order chi connectivity index (χ1) is 7.90. The Kier molecular flexibility index (Phi) is 4.96. The Hall–Kier alpha value is -1.07. The number of hydrogen-bond donors (Lipinski definition) is 2. The predicted octanol–water partition coefficient (Wildman–Crippen LogP) is 1.71. The van der Waals surface area contributed by atoms with Gasteiger partial charge in [-0.3, -0.25) is 0 Å². The summed E-state index contributed by atoms with van der Waals surface area (Å²) in [4.78, 5) is 10.1. The lowest BCUT2D eigenvalue weighted by Gasteiger charge is -2.26. The highest BCUT2D eigenvalue weighted by Gasteiger charge is 2.16. The molecule has 17 heavy (non-hydrogen) atoms. The van der Waals surface area contributed by atoms with E-state index in [1.54, 1.807) is 0 Å². The third-order valence-electron chi connectivity index (χ3n) is 2.48. The summed E-state index contributed by atoms with van der Waals surface area (Å²) in [6.45, 7) is 5.21. The Balaban J connectivity index is 2.81. The van der Waals surface area contributed by atoms with Crippen LogP contribution in [0.25, 0.3) is 0 Å². The first-order valence-electron chi connectivity index (χ1n) is 5.59. The summed E-state index contributed by atoms with van der Waals surface area (Å²) >= 11 is 5.76. The van der Waals surface area contributed by atoms with Crippen molar-refractivity contribution in [3.63, 3.8) is 0 Å². The summed E-state index contributed by atoms with van der Waals surface area (Å²) in [6.07, 6.45) is 1.52. The lowest BCUT2D eigenvalue weighted by molar-refractivity contribution is 0.344. The zero-order chi connectivity index (χ0) is 13.0. The van der Waals surface area contributed by atoms with Gasteiger partial charge in [-0.25, -0.2) is 4.98 Å². The van der Waals surface area contributed by atoms with E-state index in [1.165, 1.54) is 6.20 Å². The summed E-state index contributed by atoms with van der Waals surface area (Å²) in [5.74, 6) is 1.07. The molecule has 6 heteroatoms. The van der Waals surface area contributed by atoms with Gasteiger partial charge in [0.1, 0.15) is 0 Å². The van der Waals surface area contributed by atoms with E-state index in [0.717, 1.165) is 6.54 Å². The van der Waals surface area contributed by atoms with Crippen LogP contribution in [0.2, 0.25) is 5.28 Å². The number of hydrogen-bond acceptors (Lipinski definition) is 5. The highest BCUT2D eigenvalue weighted by Crippen LogP contribution is 2.19. The molecule has 1 aromatic heterocycles. The minimum atomic E-state index is 0.203. The maximum absolute atomic E-state index is 5.81. The Morgan fingerprint density at radius 2 is 2.12 bits per heavy atom. The standard InChI is InChI=1S/C11H20ClN5/c1-7(2)9(6-17(3)4)15-10-8(13)5-14-11(12)16-10/h5,7,9H,6,13H2,1-4H3,(H,14,15,16). The van der Waals surface area contributed by atoms with E-state index >= 15 is 0 Å². The van der Waals surface area contributed by atoms with Gasteiger partial charge in [-0.05, 0) is 31.6 Å². The van der Waals surface area contributed by atoms with Gasteiger partial charge in [0.25, 0.3) is 0 Å². The molecule has 1 heterocycles. The van der Waals surface area contributed by atoms with Gasteiger partial charge < -0.3 is 16.0 Å². The molecule has 0 aliphatic carbocycles. The van der Waals surface area contributed by atoms with Crippen molar-refractivity contribution in [2.24, 2.45) is 5.92 Å². The number of nitrogen functional groups attached to an aromatic ring is 1. The predicted molar refractivity (Wildman–Crippen MR) is 72.3 cm³/mol. The third-order valence-corrected chi connectivity index (χ3v) is 2.66. The fourth-order valence-corrected chi connectivity index (χ4v) is 1.61. The summed E-state index contributed by atoms with van der Waals surface area (Å²) in [5.41, 5.74) is 6.32. The van der Waals surface area contributed by atoms with E-state index in [2.05, 4.69) is 34.0 Å². The molecule has 96 valence electrons. The van der Waals surface area contributed by atoms with Crippen molar-refractivity contribution < 1.29 is 0 Å². The average molecular weight is 258 g/mol. The fourth-order valence-electron chi connectivity index (χ4n) is 1.48. The quantitative estimate of drug-likeness (QED) is 0.786. The first-order valence-corrected chi connectivity index (χ1v) is 5.97. The molecule has 1 rings (SSSR count). The van der Waals surface area contributed by atoms with Gasteiger partial charge in [0, 0.05) is 12.6 Å². The number of nitrogens with two attached hydrogens (primary N) is 1. The smallest absolute Gasteiger partial charge is 0.224 e. The maximum Gasteiger partial charge on any atom is 0.224 e. The normalized spacial score (nSPS) is 13.1. The van der Waals surface area contributed by atoms with Gasteiger partial charge in [-0.2, -0.15) is 4.98 Å². The van der Waals surface area contributed by atoms with Crippen LogP contribution in [0.1, 0.15) is 13.8 Å². The molecular formula is C11H20ClN5. The average Bonchev–Trinajstić information content (AvgIpc) is 2.21. The van der Waals surface area contributed by atoms with Crippen LogP contribution in [0.4, 0.5) is 11.5 Å². The van der Waals surface area contributed by atoms with Gasteiger partial charge in [0.2, 0.25) is 5.28 Å². The zero-order valence-electron chi connectivity index (χ0n) is 10.7. The molecule has 1 unspecified atom stereocenters. The van der Waals surface area contributed by atoms with Gasteiger partial charge in [-0.15, -0.1) is 0 Å². The molecule has 0 saturated carbocycles. The molecule has 0 fully saturated rings. The van der Waals surface area contributed by atoms with Crippen molar-refractivity contribution in [3.05, 3.63) is 11.5 Å². The van der Waals surface area contributed by atoms with Crippen LogP contribution in [-0.2, 0) is 0 Å². The number of anilines is 2. The molecule has 5 nitrogen and oxygen atoms in total. The van der Waals surface area contributed by atoms with Crippen LogP contribution >= 0.6 is 11.6 Å². The number of halogens is 1. The van der Waals surface area contributed by atoms with Crippen molar-refractivity contribution in [1.82, 2.24) is 14.9 Å². The van der Waals surface area contributed by atoms with E-state index in [0.29, 0.717) is 17.4 Å². The maximum atomic E-state index is 5.81. The Labute approximate surface area is 107 Å². The molecule has 0 radical (unpaired) electrons. The van der Waals surface area contributed by atoms with E-state index < -0.39 is 0 Å². The minimum absolute atomic E-state index is 0.203. The van der Waals surface area contributed by atoms with Crippen LogP contribution in [-0.4, -0.2) is 41.5 Å². The molecule has 0 aromatic carbocycles. The van der Waals surface area contributed by atoms with Crippen LogP contribution in [0.5, 0.6) is 0 Å². The second kappa shape index (κ2) is 6.02. The van der Waals surface area contributed by atoms with Gasteiger partial charge in [0.15, 0.2) is 5.82 Å². The number of likely N-dealkylation sites (N-methyl/N-ethyl adjacent to an activating group) is 1. The highest BCUT2D eigenvalue weighted by atomic mass is 35.5. The summed E-state index contributed by atoms with van der Waals surface area (Å²) in [6, 6.07) is 0.262. The van der Waals surface area contributed by atoms with Crippen LogP contribution in [0.15, 0.2) is 6.20 Å². The topological polar surface area (TPSA) is 67.1 Å². The van der Waals surface area contributed by atoms with Crippen molar-refractivity contribution in [3.8, 4) is 0 Å². The fraction of sp³-hybridized carbons (Fsp3) is 0.636. The van der Waals surface area contributed by atoms with Crippen LogP contribution in [0.3, 0.4) is 0 Å². The summed E-state index contributed by atoms with van der Waals surface area (Å²) in [5, 5.41) is 3.52. The van der Waals surface area contributed by atoms with Crippen LogP contribution < -0.4 is 11.1 Å². The minimum Gasteiger partial charge on any atom is -0.394 e. The highest BCUT2D eigenvalue weighted by molar-refractivity contribution is 6.28. The van der Waals surface area contributed by atoms with E-state index in [1.807, 2.05) is 14.1 Å². The molecular weight excluding hydrogens is 238 g/mol. The molecule has 0 aliphatic heterocycles. The van der Waals surface area contributed by atoms with E-state index in [4.69, 9.17) is 17.3 Å². The van der Waals surface area contributed by atoms with Crippen molar-refractivity contribution in [2.75, 3.05) is 31.7 Å². The largest absolute Gasteiger partial charge is 0.394 e. The van der Waals surface area contributed by atoms with E-state index in [9.17, 15) is 0 Å². The number of nitrogens with zero attached hydrogens (tertiary/aromatic N) is 3. The second-order valence-electron chi connectivity index (χ2n) is 4.70. The Bertz CT molecular complexity index is 367. The molecule has 0 bridgehead atoms. The SMILES string of the molecule is CC(C)C(CN(C)C)Nc1nc(Cl)ncc1N. The molecule has 0 spiro atoms. The molecule has 0 saturated heterocycles. The molecule has 0 aliphatic rings. The molecule has 3 N–H and O–H groups in total. The van der Waals surface area contributed by atoms with Gasteiger partial charge in [0.05, 0.1) is 11.9 Å². The molecule has 0 amide bonds. The zero-order valence-corrected chi connectivity index (χ0v) is 11.5. The summed E-state index contributed by atoms with van der Waals surface area (Å²) < 4.78 is 0. The number of rotatable bonds is 5. The van der Waals surface area contributed by atoms with Crippen molar-refractivity contribution in [1.29, 1.82) is 0 Å². The van der Waals surface area contributed by atoms with Gasteiger partial charge in [-0.1, -0.05) is 13.8 Å². The summed E-state index contributed by atoms with van der Waals surface area (Å²) in [7, 11) is 4.07. The Morgan fingerprint density at radius 1 is 1.47 bits per heavy atom.